The minimum Gasteiger partial charge on any atom is -0.496 e. The Morgan fingerprint density at radius 2 is 2.05 bits per heavy atom. The molecule has 20 heavy (non-hydrogen) atoms. The van der Waals surface area contributed by atoms with E-state index in [4.69, 9.17) is 9.29 Å². The number of rotatable bonds is 8. The Morgan fingerprint density at radius 1 is 1.40 bits per heavy atom. The summed E-state index contributed by atoms with van der Waals surface area (Å²) < 4.78 is 27.2. The highest BCUT2D eigenvalue weighted by Gasteiger charge is 2.17. The largest absolute Gasteiger partial charge is 0.496 e. The molecule has 0 aliphatic carbocycles. The molecule has 1 aromatic carbocycles. The predicted molar refractivity (Wildman–Crippen MR) is 80.1 cm³/mol. The minimum absolute atomic E-state index is 0.459. The van der Waals surface area contributed by atoms with Crippen molar-refractivity contribution >= 4 is 17.0 Å². The summed E-state index contributed by atoms with van der Waals surface area (Å²) in [6.45, 7) is 6.22. The first-order chi connectivity index (χ1) is 9.51. The van der Waals surface area contributed by atoms with Crippen molar-refractivity contribution in [2.24, 2.45) is 0 Å². The molecular weight excluding hydrogens is 280 g/mol. The third-order valence-corrected chi connectivity index (χ3v) is 3.53. The van der Waals surface area contributed by atoms with Crippen LogP contribution in [0, 0.1) is 0 Å². The normalized spacial score (nSPS) is 14.1. The van der Waals surface area contributed by atoms with Crippen LogP contribution < -0.4 is 9.46 Å². The Bertz CT molecular complexity index is 452. The lowest BCUT2D eigenvalue weighted by Gasteiger charge is -2.23. The van der Waals surface area contributed by atoms with Gasteiger partial charge in [0.2, 0.25) is 0 Å². The number of likely N-dealkylation sites (N-methyl/N-ethyl adjacent to an activating group) is 1. The summed E-state index contributed by atoms with van der Waals surface area (Å²) in [7, 11) is 1.53. The molecule has 0 saturated carbocycles. The van der Waals surface area contributed by atoms with Crippen molar-refractivity contribution in [3.63, 3.8) is 0 Å². The molecule has 0 spiro atoms. The molecule has 0 radical (unpaired) electrons. The Hall–Kier alpha value is -1.15. The fourth-order valence-corrected chi connectivity index (χ4v) is 2.31. The van der Waals surface area contributed by atoms with Crippen molar-refractivity contribution < 1.29 is 18.6 Å². The number of hydrogen-bond acceptors (Lipinski definition) is 4. The summed E-state index contributed by atoms with van der Waals surface area (Å²) in [4.78, 5) is 2.09. The number of anilines is 1. The summed E-state index contributed by atoms with van der Waals surface area (Å²) in [6.07, 6.45) is -0.723. The fraction of sp³-hybridized carbons (Fsp3) is 0.538. The van der Waals surface area contributed by atoms with E-state index in [1.165, 1.54) is 7.11 Å². The number of hydrogen-bond donors (Lipinski definition) is 3. The molecule has 1 aromatic rings. The van der Waals surface area contributed by atoms with Gasteiger partial charge in [-0.05, 0) is 31.3 Å². The number of benzene rings is 1. The van der Waals surface area contributed by atoms with E-state index in [2.05, 4.69) is 9.62 Å². The molecule has 2 unspecified atom stereocenters. The first kappa shape index (κ1) is 16.9. The van der Waals surface area contributed by atoms with Gasteiger partial charge in [-0.3, -0.25) is 9.27 Å². The van der Waals surface area contributed by atoms with E-state index in [0.29, 0.717) is 23.5 Å². The van der Waals surface area contributed by atoms with Gasteiger partial charge < -0.3 is 14.7 Å². The average Bonchev–Trinajstić information content (AvgIpc) is 2.43. The second-order valence-corrected chi connectivity index (χ2v) is 5.01. The van der Waals surface area contributed by atoms with Gasteiger partial charge in [0.05, 0.1) is 13.2 Å². The zero-order valence-electron chi connectivity index (χ0n) is 12.0. The molecule has 1 rings (SSSR count). The van der Waals surface area contributed by atoms with E-state index in [1.807, 2.05) is 13.8 Å². The first-order valence-electron chi connectivity index (χ1n) is 6.47. The summed E-state index contributed by atoms with van der Waals surface area (Å²) in [5, 5.41) is 10.3. The highest BCUT2D eigenvalue weighted by molar-refractivity contribution is 7.80. The lowest BCUT2D eigenvalue weighted by Crippen LogP contribution is -2.28. The van der Waals surface area contributed by atoms with Crippen LogP contribution in [0.15, 0.2) is 18.2 Å². The van der Waals surface area contributed by atoms with Crippen LogP contribution >= 0.6 is 0 Å². The summed E-state index contributed by atoms with van der Waals surface area (Å²) in [5.41, 5.74) is 1.05. The van der Waals surface area contributed by atoms with Gasteiger partial charge in [-0.25, -0.2) is 4.21 Å². The van der Waals surface area contributed by atoms with Gasteiger partial charge in [0.25, 0.3) is 11.3 Å². The number of aliphatic hydroxyl groups excluding tert-OH is 1. The Labute approximate surface area is 122 Å². The molecule has 6 nitrogen and oxygen atoms in total. The van der Waals surface area contributed by atoms with Gasteiger partial charge >= 0.3 is 0 Å². The maximum absolute atomic E-state index is 10.8. The van der Waals surface area contributed by atoms with E-state index < -0.39 is 17.4 Å². The van der Waals surface area contributed by atoms with Gasteiger partial charge in [0.15, 0.2) is 0 Å². The van der Waals surface area contributed by atoms with Crippen molar-refractivity contribution in [2.75, 3.05) is 31.5 Å². The van der Waals surface area contributed by atoms with Gasteiger partial charge in [-0.2, -0.15) is 0 Å². The zero-order chi connectivity index (χ0) is 15.1. The molecule has 0 bridgehead atoms. The van der Waals surface area contributed by atoms with Gasteiger partial charge in [0, 0.05) is 17.8 Å². The molecular formula is C13H22N2O4S. The van der Waals surface area contributed by atoms with Crippen LogP contribution in [0.5, 0.6) is 5.75 Å². The molecule has 7 heteroatoms. The second kappa shape index (κ2) is 8.21. The standard InChI is InChI=1S/C13H22N2O4S/c1-4-15(5-2)9-12(16)11-8-10(14-20(17)18)6-7-13(11)19-3/h6-8,12,14,16H,4-5,9H2,1-3H3,(H,17,18). The van der Waals surface area contributed by atoms with Crippen molar-refractivity contribution in [3.8, 4) is 5.75 Å². The summed E-state index contributed by atoms with van der Waals surface area (Å²) in [6, 6.07) is 4.91. The number of nitrogens with one attached hydrogen (secondary N) is 1. The van der Waals surface area contributed by atoms with Crippen molar-refractivity contribution in [2.45, 2.75) is 20.0 Å². The van der Waals surface area contributed by atoms with Crippen LogP contribution in [0.1, 0.15) is 25.5 Å². The van der Waals surface area contributed by atoms with Crippen LogP contribution in [0.3, 0.4) is 0 Å². The SMILES string of the molecule is CCN(CC)CC(O)c1cc(NS(=O)O)ccc1OC. The van der Waals surface area contributed by atoms with Gasteiger partial charge in [-0.1, -0.05) is 13.8 Å². The molecule has 0 aliphatic heterocycles. The van der Waals surface area contributed by atoms with Crippen molar-refractivity contribution in [1.29, 1.82) is 0 Å². The molecule has 0 saturated heterocycles. The third-order valence-electron chi connectivity index (χ3n) is 3.12. The third kappa shape index (κ3) is 4.75. The summed E-state index contributed by atoms with van der Waals surface area (Å²) >= 11 is -2.14. The molecule has 114 valence electrons. The Morgan fingerprint density at radius 3 is 2.55 bits per heavy atom. The van der Waals surface area contributed by atoms with Crippen LogP contribution in [0.4, 0.5) is 5.69 Å². The van der Waals surface area contributed by atoms with E-state index in [0.717, 1.165) is 13.1 Å². The maximum Gasteiger partial charge on any atom is 0.259 e. The monoisotopic (exact) mass is 302 g/mol. The highest BCUT2D eigenvalue weighted by Crippen LogP contribution is 2.29. The predicted octanol–water partition coefficient (Wildman–Crippen LogP) is 1.62. The zero-order valence-corrected chi connectivity index (χ0v) is 12.8. The molecule has 0 aliphatic rings. The Balaban J connectivity index is 2.97. The number of nitrogens with zero attached hydrogens (tertiary/aromatic N) is 1. The average molecular weight is 302 g/mol. The van der Waals surface area contributed by atoms with Crippen LogP contribution in [0.2, 0.25) is 0 Å². The van der Waals surface area contributed by atoms with Crippen molar-refractivity contribution in [3.05, 3.63) is 23.8 Å². The molecule has 0 fully saturated rings. The minimum atomic E-state index is -2.14. The number of ether oxygens (including phenoxy) is 1. The van der Waals surface area contributed by atoms with E-state index in [1.54, 1.807) is 18.2 Å². The van der Waals surface area contributed by atoms with E-state index >= 15 is 0 Å². The first-order valence-corrected chi connectivity index (χ1v) is 7.58. The molecule has 0 aromatic heterocycles. The second-order valence-electron chi connectivity index (χ2n) is 4.31. The number of aliphatic hydroxyl groups is 1. The molecule has 2 atom stereocenters. The van der Waals surface area contributed by atoms with Gasteiger partial charge in [-0.15, -0.1) is 0 Å². The highest BCUT2D eigenvalue weighted by atomic mass is 32.2. The smallest absolute Gasteiger partial charge is 0.259 e. The number of methoxy groups -OCH3 is 1. The van der Waals surface area contributed by atoms with Crippen molar-refractivity contribution in [1.82, 2.24) is 4.90 Å². The quantitative estimate of drug-likeness (QED) is 0.636. The van der Waals surface area contributed by atoms with Crippen LogP contribution in [0.25, 0.3) is 0 Å². The molecule has 0 heterocycles. The van der Waals surface area contributed by atoms with Crippen LogP contribution in [-0.4, -0.2) is 45.5 Å². The lowest BCUT2D eigenvalue weighted by atomic mass is 10.1. The maximum atomic E-state index is 10.8. The van der Waals surface area contributed by atoms with Crippen LogP contribution in [-0.2, 0) is 11.3 Å². The molecule has 3 N–H and O–H groups in total. The molecule has 0 amide bonds. The van der Waals surface area contributed by atoms with E-state index in [9.17, 15) is 9.32 Å². The van der Waals surface area contributed by atoms with Gasteiger partial charge in [0.1, 0.15) is 5.75 Å². The fourth-order valence-electron chi connectivity index (χ4n) is 1.98. The van der Waals surface area contributed by atoms with E-state index in [-0.39, 0.29) is 0 Å². The topological polar surface area (TPSA) is 82.0 Å². The Kier molecular flexibility index (Phi) is 6.94. The summed E-state index contributed by atoms with van der Waals surface area (Å²) in [5.74, 6) is 0.555. The lowest BCUT2D eigenvalue weighted by molar-refractivity contribution is 0.116.